The zero-order chi connectivity index (χ0) is 26.1. The number of nitrogens with zero attached hydrogens (tertiary/aromatic N) is 2. The Hall–Kier alpha value is -3.69. The number of aliphatic hydroxyl groups is 1. The lowest BCUT2D eigenvalue weighted by atomic mass is 10.2. The minimum absolute atomic E-state index is 0.0291. The standard InChI is InChI=1S/C27H33N3O6/c1-4-29(5-2)18-20(31)17-28-27(34)25-26(36-24(33)16-15-23(32)35-3)21-13-9-10-14-22(21)30(25)19-11-7-6-8-12-19/h6-14,20,31H,4-5,15-18H2,1-3H3,(H,28,34). The molecule has 2 aromatic carbocycles. The molecule has 3 aromatic rings. The Labute approximate surface area is 210 Å². The summed E-state index contributed by atoms with van der Waals surface area (Å²) in [5, 5.41) is 13.8. The quantitative estimate of drug-likeness (QED) is 0.372. The van der Waals surface area contributed by atoms with Crippen molar-refractivity contribution >= 4 is 28.7 Å². The van der Waals surface area contributed by atoms with E-state index in [1.54, 1.807) is 16.7 Å². The number of ether oxygens (including phenoxy) is 2. The molecule has 0 saturated carbocycles. The van der Waals surface area contributed by atoms with Crippen molar-refractivity contribution in [2.45, 2.75) is 32.8 Å². The lowest BCUT2D eigenvalue weighted by molar-refractivity contribution is -0.144. The van der Waals surface area contributed by atoms with Crippen LogP contribution in [0.4, 0.5) is 0 Å². The van der Waals surface area contributed by atoms with Gasteiger partial charge in [-0.2, -0.15) is 0 Å². The van der Waals surface area contributed by atoms with E-state index in [1.165, 1.54) is 7.11 Å². The molecule has 0 aliphatic heterocycles. The van der Waals surface area contributed by atoms with Gasteiger partial charge in [-0.3, -0.25) is 14.4 Å². The summed E-state index contributed by atoms with van der Waals surface area (Å²) in [6, 6.07) is 16.5. The van der Waals surface area contributed by atoms with E-state index < -0.39 is 23.9 Å². The predicted octanol–water partition coefficient (Wildman–Crippen LogP) is 2.92. The number of amides is 1. The third-order valence-corrected chi connectivity index (χ3v) is 5.90. The van der Waals surface area contributed by atoms with Crippen LogP contribution in [0.25, 0.3) is 16.6 Å². The average molecular weight is 496 g/mol. The van der Waals surface area contributed by atoms with E-state index in [-0.39, 0.29) is 30.8 Å². The van der Waals surface area contributed by atoms with Crippen LogP contribution in [0, 0.1) is 0 Å². The molecule has 0 bridgehead atoms. The first-order chi connectivity index (χ1) is 17.4. The Morgan fingerprint density at radius 3 is 2.28 bits per heavy atom. The van der Waals surface area contributed by atoms with E-state index in [1.807, 2.05) is 56.3 Å². The number of likely N-dealkylation sites (N-methyl/N-ethyl adjacent to an activating group) is 1. The average Bonchev–Trinajstić information content (AvgIpc) is 3.23. The highest BCUT2D eigenvalue weighted by molar-refractivity contribution is 6.06. The molecule has 3 rings (SSSR count). The van der Waals surface area contributed by atoms with Crippen molar-refractivity contribution in [1.29, 1.82) is 0 Å². The molecule has 0 spiro atoms. The molecule has 0 fully saturated rings. The molecule has 1 amide bonds. The topological polar surface area (TPSA) is 110 Å². The Balaban J connectivity index is 1.99. The summed E-state index contributed by atoms with van der Waals surface area (Å²) in [7, 11) is 1.25. The third-order valence-electron chi connectivity index (χ3n) is 5.90. The number of methoxy groups -OCH3 is 1. The number of rotatable bonds is 12. The summed E-state index contributed by atoms with van der Waals surface area (Å²) >= 11 is 0. The Morgan fingerprint density at radius 1 is 0.972 bits per heavy atom. The second kappa shape index (κ2) is 12.9. The molecule has 36 heavy (non-hydrogen) atoms. The highest BCUT2D eigenvalue weighted by Gasteiger charge is 2.27. The third kappa shape index (κ3) is 6.50. The predicted molar refractivity (Wildman–Crippen MR) is 136 cm³/mol. The molecule has 9 nitrogen and oxygen atoms in total. The summed E-state index contributed by atoms with van der Waals surface area (Å²) < 4.78 is 12.0. The van der Waals surface area contributed by atoms with Gasteiger partial charge in [0.2, 0.25) is 0 Å². The van der Waals surface area contributed by atoms with Crippen LogP contribution in [0.5, 0.6) is 5.75 Å². The Morgan fingerprint density at radius 2 is 1.61 bits per heavy atom. The Kier molecular flexibility index (Phi) is 9.61. The van der Waals surface area contributed by atoms with E-state index in [9.17, 15) is 19.5 Å². The second-order valence-electron chi connectivity index (χ2n) is 8.27. The fourth-order valence-electron chi connectivity index (χ4n) is 3.97. The van der Waals surface area contributed by atoms with Gasteiger partial charge in [-0.1, -0.05) is 44.2 Å². The molecule has 0 aliphatic rings. The zero-order valence-electron chi connectivity index (χ0n) is 20.9. The highest BCUT2D eigenvalue weighted by Crippen LogP contribution is 2.36. The fraction of sp³-hybridized carbons (Fsp3) is 0.370. The molecule has 1 aromatic heterocycles. The van der Waals surface area contributed by atoms with E-state index in [0.29, 0.717) is 23.1 Å². The van der Waals surface area contributed by atoms with Crippen LogP contribution in [0.1, 0.15) is 37.2 Å². The molecule has 192 valence electrons. The fourth-order valence-corrected chi connectivity index (χ4v) is 3.97. The summed E-state index contributed by atoms with van der Waals surface area (Å²) in [6.45, 7) is 6.04. The van der Waals surface area contributed by atoms with E-state index in [2.05, 4.69) is 15.0 Å². The van der Waals surface area contributed by atoms with Gasteiger partial charge in [0.05, 0.1) is 31.6 Å². The normalized spacial score (nSPS) is 11.9. The number of hydrogen-bond donors (Lipinski definition) is 2. The molecule has 1 atom stereocenters. The zero-order valence-corrected chi connectivity index (χ0v) is 20.9. The first-order valence-electron chi connectivity index (χ1n) is 12.0. The summed E-state index contributed by atoms with van der Waals surface area (Å²) in [4.78, 5) is 39.7. The van der Waals surface area contributed by atoms with Crippen LogP contribution in [-0.4, -0.2) is 71.8 Å². The van der Waals surface area contributed by atoms with Gasteiger partial charge in [0.1, 0.15) is 0 Å². The van der Waals surface area contributed by atoms with Gasteiger partial charge in [-0.25, -0.2) is 0 Å². The molecular weight excluding hydrogens is 462 g/mol. The van der Waals surface area contributed by atoms with Crippen LogP contribution in [0.2, 0.25) is 0 Å². The van der Waals surface area contributed by atoms with Gasteiger partial charge in [-0.15, -0.1) is 0 Å². The number of para-hydroxylation sites is 2. The molecular formula is C27H33N3O6. The molecule has 0 aliphatic carbocycles. The minimum Gasteiger partial charge on any atom is -0.469 e. The lowest BCUT2D eigenvalue weighted by Gasteiger charge is -2.22. The highest BCUT2D eigenvalue weighted by atomic mass is 16.5. The molecule has 0 radical (unpaired) electrons. The first-order valence-corrected chi connectivity index (χ1v) is 12.0. The van der Waals surface area contributed by atoms with Crippen molar-refractivity contribution in [3.63, 3.8) is 0 Å². The van der Waals surface area contributed by atoms with Crippen LogP contribution in [0.3, 0.4) is 0 Å². The smallest absolute Gasteiger partial charge is 0.311 e. The van der Waals surface area contributed by atoms with Crippen molar-refractivity contribution in [3.8, 4) is 11.4 Å². The summed E-state index contributed by atoms with van der Waals surface area (Å²) in [5.74, 6) is -1.59. The molecule has 2 N–H and O–H groups in total. The van der Waals surface area contributed by atoms with Crippen molar-refractivity contribution in [2.24, 2.45) is 0 Å². The Bertz CT molecular complexity index is 1190. The molecule has 1 heterocycles. The van der Waals surface area contributed by atoms with Crippen molar-refractivity contribution in [3.05, 3.63) is 60.3 Å². The molecule has 0 saturated heterocycles. The van der Waals surface area contributed by atoms with Gasteiger partial charge >= 0.3 is 11.9 Å². The SMILES string of the molecule is CCN(CC)CC(O)CNC(=O)c1c(OC(=O)CCC(=O)OC)c2ccccc2n1-c1ccccc1. The number of esters is 2. The number of aliphatic hydroxyl groups excluding tert-OH is 1. The number of nitrogens with one attached hydrogen (secondary N) is 1. The van der Waals surface area contributed by atoms with E-state index >= 15 is 0 Å². The molecule has 1 unspecified atom stereocenters. The number of aromatic nitrogens is 1. The number of benzene rings is 2. The van der Waals surface area contributed by atoms with Crippen LogP contribution >= 0.6 is 0 Å². The first kappa shape index (κ1) is 26.9. The molecule has 9 heteroatoms. The number of carbonyl (C=O) groups is 3. The number of carbonyl (C=O) groups excluding carboxylic acids is 3. The number of fused-ring (bicyclic) bond motifs is 1. The van der Waals surface area contributed by atoms with Crippen LogP contribution in [0.15, 0.2) is 54.6 Å². The van der Waals surface area contributed by atoms with Crippen molar-refractivity contribution < 1.29 is 29.0 Å². The van der Waals surface area contributed by atoms with E-state index in [4.69, 9.17) is 4.74 Å². The minimum atomic E-state index is -0.769. The van der Waals surface area contributed by atoms with Crippen LogP contribution in [-0.2, 0) is 14.3 Å². The summed E-state index contributed by atoms with van der Waals surface area (Å²) in [6.07, 6.45) is -1.10. The summed E-state index contributed by atoms with van der Waals surface area (Å²) in [5.41, 5.74) is 1.51. The van der Waals surface area contributed by atoms with Crippen LogP contribution < -0.4 is 10.1 Å². The largest absolute Gasteiger partial charge is 0.469 e. The van der Waals surface area contributed by atoms with Crippen molar-refractivity contribution in [1.82, 2.24) is 14.8 Å². The maximum Gasteiger partial charge on any atom is 0.311 e. The maximum absolute atomic E-state index is 13.5. The monoisotopic (exact) mass is 495 g/mol. The lowest BCUT2D eigenvalue weighted by Crippen LogP contribution is -2.40. The van der Waals surface area contributed by atoms with Gasteiger partial charge < -0.3 is 29.4 Å². The maximum atomic E-state index is 13.5. The van der Waals surface area contributed by atoms with Gasteiger partial charge in [-0.05, 0) is 37.4 Å². The number of hydrogen-bond acceptors (Lipinski definition) is 7. The second-order valence-corrected chi connectivity index (χ2v) is 8.27. The van der Waals surface area contributed by atoms with Gasteiger partial charge in [0.15, 0.2) is 11.4 Å². The van der Waals surface area contributed by atoms with Crippen molar-refractivity contribution in [2.75, 3.05) is 33.3 Å². The van der Waals surface area contributed by atoms with Gasteiger partial charge in [0.25, 0.3) is 5.91 Å². The van der Waals surface area contributed by atoms with E-state index in [0.717, 1.165) is 13.1 Å². The van der Waals surface area contributed by atoms with Gasteiger partial charge in [0, 0.05) is 24.2 Å².